The molecule has 37 heavy (non-hydrogen) atoms. The van der Waals surface area contributed by atoms with E-state index in [4.69, 9.17) is 0 Å². The van der Waals surface area contributed by atoms with Gasteiger partial charge in [0.15, 0.2) is 0 Å². The van der Waals surface area contributed by atoms with Crippen molar-refractivity contribution >= 4 is 11.1 Å². The van der Waals surface area contributed by atoms with E-state index in [1.165, 1.54) is 97.3 Å². The Balaban J connectivity index is 0.000000336. The zero-order valence-electron chi connectivity index (χ0n) is 25.6. The highest BCUT2D eigenvalue weighted by Gasteiger charge is 2.28. The first-order chi connectivity index (χ1) is 17.6. The number of nitrogens with one attached hydrogen (secondary N) is 1. The number of rotatable bonds is 6. The zero-order chi connectivity index (χ0) is 27.9. The van der Waals surface area contributed by atoms with Crippen LogP contribution in [-0.4, -0.2) is 7.05 Å². The molecule has 0 amide bonds. The Labute approximate surface area is 228 Å². The summed E-state index contributed by atoms with van der Waals surface area (Å²) in [4.78, 5) is 0. The molecular weight excluding hydrogens is 446 g/mol. The highest BCUT2D eigenvalue weighted by molar-refractivity contribution is 5.91. The minimum atomic E-state index is 1.04. The second-order valence-electron chi connectivity index (χ2n) is 10.6. The molecule has 0 bridgehead atoms. The summed E-state index contributed by atoms with van der Waals surface area (Å²) in [6, 6.07) is 9.11. The highest BCUT2D eigenvalue weighted by atomic mass is 14.8. The van der Waals surface area contributed by atoms with Gasteiger partial charge < -0.3 is 5.32 Å². The quantitative estimate of drug-likeness (QED) is 0.418. The van der Waals surface area contributed by atoms with Crippen molar-refractivity contribution in [2.45, 2.75) is 101 Å². The van der Waals surface area contributed by atoms with Crippen molar-refractivity contribution in [1.82, 2.24) is 5.32 Å². The van der Waals surface area contributed by atoms with Gasteiger partial charge in [0.25, 0.3) is 0 Å². The lowest BCUT2D eigenvalue weighted by Gasteiger charge is -2.18. The number of benzene rings is 2. The second kappa shape index (κ2) is 13.7. The third-order valence-electron chi connectivity index (χ3n) is 7.76. The number of unbranched alkanes of at least 4 members (excludes halogenated alkanes) is 1. The van der Waals surface area contributed by atoms with E-state index < -0.39 is 0 Å². The molecule has 2 aliphatic rings. The van der Waals surface area contributed by atoms with Crippen molar-refractivity contribution in [3.63, 3.8) is 0 Å². The summed E-state index contributed by atoms with van der Waals surface area (Å²) in [5, 5.41) is 3.41. The van der Waals surface area contributed by atoms with Gasteiger partial charge in [-0.3, -0.25) is 0 Å². The summed E-state index contributed by atoms with van der Waals surface area (Å²) in [5.41, 5.74) is 19.8. The molecule has 0 saturated carbocycles. The first kappa shape index (κ1) is 30.4. The predicted octanol–water partition coefficient (Wildman–Crippen LogP) is 10.3. The van der Waals surface area contributed by atoms with Crippen LogP contribution in [-0.2, 0) is 6.42 Å². The van der Waals surface area contributed by atoms with Gasteiger partial charge >= 0.3 is 0 Å². The highest BCUT2D eigenvalue weighted by Crippen LogP contribution is 2.45. The predicted molar refractivity (Wildman–Crippen MR) is 167 cm³/mol. The van der Waals surface area contributed by atoms with Gasteiger partial charge in [-0.15, -0.1) is 0 Å². The zero-order valence-corrected chi connectivity index (χ0v) is 25.6. The molecule has 2 aromatic rings. The fourth-order valence-corrected chi connectivity index (χ4v) is 5.59. The monoisotopic (exact) mass is 497 g/mol. The van der Waals surface area contributed by atoms with Gasteiger partial charge in [0, 0.05) is 18.3 Å². The normalized spacial score (nSPS) is 14.0. The summed E-state index contributed by atoms with van der Waals surface area (Å²) in [6.07, 6.45) is 8.06. The number of aryl methyl sites for hydroxylation is 4. The SMILES string of the molecule is C=C(C)C1=C(CCCC)c2ccc(C)c(C3=C(C)CC=C3NC)c2C1.CC.Cc1cc(C)c(C)c(C)c1. The third kappa shape index (κ3) is 6.75. The number of hydrogen-bond acceptors (Lipinski definition) is 1. The molecule has 0 spiro atoms. The van der Waals surface area contributed by atoms with Gasteiger partial charge in [-0.1, -0.05) is 80.8 Å². The van der Waals surface area contributed by atoms with Crippen molar-refractivity contribution < 1.29 is 0 Å². The maximum atomic E-state index is 4.28. The number of allylic oxidation sites excluding steroid dienone is 6. The van der Waals surface area contributed by atoms with Crippen LogP contribution in [0.4, 0.5) is 0 Å². The Kier molecular flexibility index (Phi) is 11.2. The summed E-state index contributed by atoms with van der Waals surface area (Å²) in [6.45, 7) is 25.9. The molecule has 0 radical (unpaired) electrons. The first-order valence-corrected chi connectivity index (χ1v) is 14.2. The van der Waals surface area contributed by atoms with Crippen LogP contribution in [0.2, 0.25) is 0 Å². The molecular formula is C36H51N. The maximum absolute atomic E-state index is 4.28. The molecule has 0 aromatic heterocycles. The molecule has 1 nitrogen and oxygen atoms in total. The van der Waals surface area contributed by atoms with Crippen LogP contribution >= 0.6 is 0 Å². The molecule has 0 atom stereocenters. The van der Waals surface area contributed by atoms with E-state index in [1.807, 2.05) is 20.9 Å². The van der Waals surface area contributed by atoms with E-state index in [2.05, 4.69) is 97.6 Å². The lowest BCUT2D eigenvalue weighted by atomic mass is 9.88. The lowest BCUT2D eigenvalue weighted by molar-refractivity contribution is 0.823. The van der Waals surface area contributed by atoms with Crippen LogP contribution in [0.1, 0.15) is 105 Å². The standard InChI is InChI=1S/C24H31N.C10H14.C2H6/c1-7-8-9-18-19-12-10-16(4)23(21(19)14-20(18)15(2)3)24-17(5)11-13-22(24)25-6;1-7-5-8(2)10(4)9(3)6-7;1-2/h10,12-13,25H,2,7-9,11,14H2,1,3-6H3;5-6H,1-4H3;1-2H3. The van der Waals surface area contributed by atoms with Crippen molar-refractivity contribution in [2.24, 2.45) is 0 Å². The molecule has 1 N–H and O–H groups in total. The van der Waals surface area contributed by atoms with E-state index in [9.17, 15) is 0 Å². The molecule has 2 aliphatic carbocycles. The molecule has 1 heteroatoms. The molecule has 0 fully saturated rings. The summed E-state index contributed by atoms with van der Waals surface area (Å²) in [5.74, 6) is 0. The first-order valence-electron chi connectivity index (χ1n) is 14.2. The topological polar surface area (TPSA) is 12.0 Å². The number of fused-ring (bicyclic) bond motifs is 1. The molecule has 0 saturated heterocycles. The fourth-order valence-electron chi connectivity index (χ4n) is 5.59. The second-order valence-corrected chi connectivity index (χ2v) is 10.6. The van der Waals surface area contributed by atoms with Gasteiger partial charge in [0.2, 0.25) is 0 Å². The van der Waals surface area contributed by atoms with Crippen molar-refractivity contribution in [3.05, 3.63) is 104 Å². The number of hydrogen-bond donors (Lipinski definition) is 1. The molecule has 200 valence electrons. The average Bonchev–Trinajstić information content (AvgIpc) is 3.43. The Bertz CT molecular complexity index is 1210. The van der Waals surface area contributed by atoms with Crippen molar-refractivity contribution in [2.75, 3.05) is 7.05 Å². The Morgan fingerprint density at radius 3 is 2.11 bits per heavy atom. The van der Waals surface area contributed by atoms with Gasteiger partial charge in [-0.2, -0.15) is 0 Å². The Hall–Kier alpha value is -2.80. The summed E-state index contributed by atoms with van der Waals surface area (Å²) >= 11 is 0. The van der Waals surface area contributed by atoms with Crippen LogP contribution in [0.15, 0.2) is 59.3 Å². The minimum absolute atomic E-state index is 1.04. The summed E-state index contributed by atoms with van der Waals surface area (Å²) in [7, 11) is 2.03. The molecule has 2 aromatic carbocycles. The Morgan fingerprint density at radius 2 is 1.57 bits per heavy atom. The lowest BCUT2D eigenvalue weighted by Crippen LogP contribution is -2.09. The van der Waals surface area contributed by atoms with E-state index in [-0.39, 0.29) is 0 Å². The fraction of sp³-hybridized carbons (Fsp3) is 0.444. The average molecular weight is 498 g/mol. The van der Waals surface area contributed by atoms with Crippen LogP contribution in [0.25, 0.3) is 11.1 Å². The van der Waals surface area contributed by atoms with Gasteiger partial charge in [-0.25, -0.2) is 0 Å². The van der Waals surface area contributed by atoms with Crippen LogP contribution in [0.5, 0.6) is 0 Å². The maximum Gasteiger partial charge on any atom is 0.0379 e. The van der Waals surface area contributed by atoms with Crippen molar-refractivity contribution in [3.8, 4) is 0 Å². The van der Waals surface area contributed by atoms with Crippen LogP contribution < -0.4 is 5.32 Å². The van der Waals surface area contributed by atoms with E-state index in [1.54, 1.807) is 0 Å². The van der Waals surface area contributed by atoms with E-state index >= 15 is 0 Å². The molecule has 4 rings (SSSR count). The van der Waals surface area contributed by atoms with Gasteiger partial charge in [-0.05, 0) is 124 Å². The van der Waals surface area contributed by atoms with Crippen LogP contribution in [0.3, 0.4) is 0 Å². The number of likely N-dealkylation sites (N-methyl/N-ethyl adjacent to an activating group) is 1. The van der Waals surface area contributed by atoms with Crippen LogP contribution in [0, 0.1) is 34.6 Å². The smallest absolute Gasteiger partial charge is 0.0379 e. The van der Waals surface area contributed by atoms with Crippen molar-refractivity contribution in [1.29, 1.82) is 0 Å². The van der Waals surface area contributed by atoms with E-state index in [0.717, 1.165) is 12.8 Å². The minimum Gasteiger partial charge on any atom is -0.388 e. The largest absolute Gasteiger partial charge is 0.388 e. The molecule has 0 heterocycles. The molecule has 0 unspecified atom stereocenters. The third-order valence-corrected chi connectivity index (χ3v) is 7.76. The van der Waals surface area contributed by atoms with Gasteiger partial charge in [0.1, 0.15) is 0 Å². The van der Waals surface area contributed by atoms with Gasteiger partial charge in [0.05, 0.1) is 0 Å². The molecule has 0 aliphatic heterocycles. The Morgan fingerprint density at radius 1 is 0.946 bits per heavy atom. The van der Waals surface area contributed by atoms with E-state index in [0.29, 0.717) is 0 Å². The summed E-state index contributed by atoms with van der Waals surface area (Å²) < 4.78 is 0.